The molecule has 2 aromatic carbocycles. The number of esters is 1. The first-order valence-corrected chi connectivity index (χ1v) is 16.5. The van der Waals surface area contributed by atoms with Gasteiger partial charge in [0.15, 0.2) is 0 Å². The standard InChI is InChI=1S/C36H46N4O6/c41-31-18-11-9-16-29(31)38-33(42)20-5-1-2-6-21-34(43)39-37-25-27-14-13-15-28(24-27)26-40-30-17-10-12-19-32(30)46-36(45)23-8-4-3-7-22-35(40)44/h3-4,9,11,13-16,18,24-25,30,32,41H,1-2,5-8,10,12,17,19-23,26H2,(H,38,42)(H,39,43)/b4-3+,37-25+/t30-,32-/m1/s1. The summed E-state index contributed by atoms with van der Waals surface area (Å²) >= 11 is 0. The predicted molar refractivity (Wildman–Crippen MR) is 177 cm³/mol. The number of aromatic hydroxyl groups is 1. The number of unbranched alkanes of at least 4 members (excludes halogenated alkanes) is 3. The van der Waals surface area contributed by atoms with Crippen LogP contribution < -0.4 is 10.7 Å². The number of phenols is 1. The van der Waals surface area contributed by atoms with Gasteiger partial charge in [0.25, 0.3) is 0 Å². The van der Waals surface area contributed by atoms with Gasteiger partial charge in [-0.1, -0.05) is 61.7 Å². The van der Waals surface area contributed by atoms with E-state index in [0.29, 0.717) is 63.6 Å². The lowest BCUT2D eigenvalue weighted by molar-refractivity contribution is -0.159. The number of phenolic OH excluding ortho intramolecular Hbond substituents is 1. The van der Waals surface area contributed by atoms with Crippen molar-refractivity contribution in [2.45, 2.75) is 109 Å². The van der Waals surface area contributed by atoms with Gasteiger partial charge in [-0.3, -0.25) is 19.2 Å². The molecule has 1 aliphatic carbocycles. The first-order chi connectivity index (χ1) is 22.4. The molecule has 4 rings (SSSR count). The summed E-state index contributed by atoms with van der Waals surface area (Å²) in [5.41, 5.74) is 4.73. The zero-order valence-corrected chi connectivity index (χ0v) is 26.5. The molecule has 1 saturated carbocycles. The largest absolute Gasteiger partial charge is 0.506 e. The molecule has 0 bridgehead atoms. The summed E-state index contributed by atoms with van der Waals surface area (Å²) in [5.74, 6) is -0.440. The molecular weight excluding hydrogens is 584 g/mol. The van der Waals surface area contributed by atoms with Crippen LogP contribution in [0.5, 0.6) is 5.75 Å². The van der Waals surface area contributed by atoms with Crippen molar-refractivity contribution in [2.24, 2.45) is 5.10 Å². The second-order valence-electron chi connectivity index (χ2n) is 12.0. The van der Waals surface area contributed by atoms with E-state index in [1.807, 2.05) is 41.3 Å². The molecule has 0 saturated heterocycles. The van der Waals surface area contributed by atoms with Gasteiger partial charge in [-0.05, 0) is 74.3 Å². The van der Waals surface area contributed by atoms with Crippen LogP contribution in [0.1, 0.15) is 101 Å². The molecule has 3 amide bonds. The average Bonchev–Trinajstić information content (AvgIpc) is 3.04. The van der Waals surface area contributed by atoms with Gasteiger partial charge in [0.1, 0.15) is 11.9 Å². The topological polar surface area (TPSA) is 137 Å². The fourth-order valence-electron chi connectivity index (χ4n) is 5.90. The Hall–Kier alpha value is -4.47. The summed E-state index contributed by atoms with van der Waals surface area (Å²) in [6, 6.07) is 14.2. The van der Waals surface area contributed by atoms with Crippen molar-refractivity contribution in [2.75, 3.05) is 5.32 Å². The van der Waals surface area contributed by atoms with Crippen molar-refractivity contribution < 1.29 is 29.0 Å². The number of nitrogens with one attached hydrogen (secondary N) is 2. The summed E-state index contributed by atoms with van der Waals surface area (Å²) in [6.45, 7) is 0.408. The number of hydrogen-bond donors (Lipinski definition) is 3. The Kier molecular flexibility index (Phi) is 13.8. The average molecular weight is 631 g/mol. The molecule has 10 nitrogen and oxygen atoms in total. The first-order valence-electron chi connectivity index (χ1n) is 16.5. The van der Waals surface area contributed by atoms with Gasteiger partial charge >= 0.3 is 5.97 Å². The second-order valence-corrected chi connectivity index (χ2v) is 12.0. The van der Waals surface area contributed by atoms with E-state index in [4.69, 9.17) is 4.74 Å². The molecule has 2 atom stereocenters. The number of fused-ring (bicyclic) bond motifs is 1. The van der Waals surface area contributed by atoms with Crippen LogP contribution in [-0.4, -0.2) is 52.1 Å². The molecule has 246 valence electrons. The van der Waals surface area contributed by atoms with Crippen LogP contribution in [0.15, 0.2) is 65.8 Å². The van der Waals surface area contributed by atoms with Gasteiger partial charge in [0, 0.05) is 32.2 Å². The number of allylic oxidation sites excluding steroid dienone is 2. The Morgan fingerprint density at radius 1 is 0.913 bits per heavy atom. The van der Waals surface area contributed by atoms with E-state index in [1.54, 1.807) is 24.4 Å². The van der Waals surface area contributed by atoms with Gasteiger partial charge < -0.3 is 20.1 Å². The second kappa shape index (κ2) is 18.5. The quantitative estimate of drug-likeness (QED) is 0.0644. The maximum atomic E-state index is 13.4. The highest BCUT2D eigenvalue weighted by molar-refractivity contribution is 5.92. The Morgan fingerprint density at radius 2 is 1.65 bits per heavy atom. The van der Waals surface area contributed by atoms with Crippen LogP contribution in [0.3, 0.4) is 0 Å². The third-order valence-corrected chi connectivity index (χ3v) is 8.32. The van der Waals surface area contributed by atoms with E-state index in [2.05, 4.69) is 15.8 Å². The van der Waals surface area contributed by atoms with Gasteiger partial charge in [-0.15, -0.1) is 0 Å². The van der Waals surface area contributed by atoms with Crippen LogP contribution in [0.4, 0.5) is 5.69 Å². The van der Waals surface area contributed by atoms with E-state index >= 15 is 0 Å². The van der Waals surface area contributed by atoms with Crippen LogP contribution >= 0.6 is 0 Å². The Balaban J connectivity index is 1.22. The number of rotatable bonds is 12. The molecule has 0 radical (unpaired) electrons. The van der Waals surface area contributed by atoms with Gasteiger partial charge in [-0.2, -0.15) is 5.10 Å². The fourth-order valence-corrected chi connectivity index (χ4v) is 5.90. The van der Waals surface area contributed by atoms with Crippen molar-refractivity contribution in [3.8, 4) is 5.75 Å². The van der Waals surface area contributed by atoms with E-state index in [-0.39, 0.29) is 41.6 Å². The normalized spacial score (nSPS) is 19.8. The van der Waals surface area contributed by atoms with Crippen LogP contribution in [0.25, 0.3) is 0 Å². The minimum absolute atomic E-state index is 0.0405. The summed E-state index contributed by atoms with van der Waals surface area (Å²) in [4.78, 5) is 52.1. The number of amides is 3. The predicted octanol–water partition coefficient (Wildman–Crippen LogP) is 6.13. The number of para-hydroxylation sites is 2. The number of hydrazone groups is 1. The minimum atomic E-state index is -0.289. The summed E-state index contributed by atoms with van der Waals surface area (Å²) < 4.78 is 5.87. The van der Waals surface area contributed by atoms with E-state index in [0.717, 1.165) is 49.7 Å². The Labute approximate surface area is 271 Å². The zero-order chi connectivity index (χ0) is 32.6. The highest BCUT2D eigenvalue weighted by Gasteiger charge is 2.35. The molecule has 1 aliphatic heterocycles. The molecule has 1 heterocycles. The van der Waals surface area contributed by atoms with E-state index in [1.165, 1.54) is 6.07 Å². The third-order valence-electron chi connectivity index (χ3n) is 8.32. The zero-order valence-electron chi connectivity index (χ0n) is 26.5. The summed E-state index contributed by atoms with van der Waals surface area (Å²) in [6.07, 6.45) is 14.5. The monoisotopic (exact) mass is 630 g/mol. The maximum Gasteiger partial charge on any atom is 0.306 e. The summed E-state index contributed by atoms with van der Waals surface area (Å²) in [5, 5.41) is 16.6. The number of anilines is 1. The number of ether oxygens (including phenoxy) is 1. The van der Waals surface area contributed by atoms with Crippen molar-refractivity contribution in [3.05, 3.63) is 71.8 Å². The molecule has 0 spiro atoms. The molecule has 3 N–H and O–H groups in total. The van der Waals surface area contributed by atoms with Crippen LogP contribution in [0, 0.1) is 0 Å². The smallest absolute Gasteiger partial charge is 0.306 e. The van der Waals surface area contributed by atoms with Crippen molar-refractivity contribution >= 4 is 35.6 Å². The number of hydrogen-bond acceptors (Lipinski definition) is 7. The number of carbonyl (C=O) groups excluding carboxylic acids is 4. The van der Waals surface area contributed by atoms with E-state index in [9.17, 15) is 24.3 Å². The van der Waals surface area contributed by atoms with Crippen molar-refractivity contribution in [1.29, 1.82) is 0 Å². The molecule has 1 fully saturated rings. The molecule has 2 aliphatic rings. The lowest BCUT2D eigenvalue weighted by Gasteiger charge is -2.39. The highest BCUT2D eigenvalue weighted by atomic mass is 16.5. The maximum absolute atomic E-state index is 13.4. The summed E-state index contributed by atoms with van der Waals surface area (Å²) in [7, 11) is 0. The molecule has 2 aromatic rings. The first kappa shape index (κ1) is 34.4. The van der Waals surface area contributed by atoms with Gasteiger partial charge in [0.2, 0.25) is 17.7 Å². The molecule has 10 heteroatoms. The molecule has 0 aromatic heterocycles. The lowest BCUT2D eigenvalue weighted by Crippen LogP contribution is -2.49. The van der Waals surface area contributed by atoms with E-state index < -0.39 is 0 Å². The molecule has 0 unspecified atom stereocenters. The number of carbonyl (C=O) groups is 4. The minimum Gasteiger partial charge on any atom is -0.506 e. The Bertz CT molecular complexity index is 1390. The molecular formula is C36H46N4O6. The highest BCUT2D eigenvalue weighted by Crippen LogP contribution is 2.29. The van der Waals surface area contributed by atoms with Crippen LogP contribution in [-0.2, 0) is 30.5 Å². The van der Waals surface area contributed by atoms with Crippen LogP contribution in [0.2, 0.25) is 0 Å². The van der Waals surface area contributed by atoms with Crippen molar-refractivity contribution in [1.82, 2.24) is 10.3 Å². The Morgan fingerprint density at radius 3 is 2.46 bits per heavy atom. The third kappa shape index (κ3) is 11.5. The fraction of sp³-hybridized carbons (Fsp3) is 0.472. The van der Waals surface area contributed by atoms with Crippen molar-refractivity contribution in [3.63, 3.8) is 0 Å². The van der Waals surface area contributed by atoms with Gasteiger partial charge in [-0.25, -0.2) is 5.43 Å². The number of benzene rings is 2. The molecule has 46 heavy (non-hydrogen) atoms. The SMILES string of the molecule is O=C(CCCCCCC(=O)Nc1ccccc1O)N/N=C/c1cccc(CN2C(=O)CC/C=C/CCC(=O)O[C@@H]3CCCC[C@H]32)c1. The van der Waals surface area contributed by atoms with Gasteiger partial charge in [0.05, 0.1) is 17.9 Å². The lowest BCUT2D eigenvalue weighted by atomic mass is 9.90. The number of nitrogens with zero attached hydrogens (tertiary/aromatic N) is 2.